The van der Waals surface area contributed by atoms with E-state index >= 15 is 0 Å². The Kier molecular flexibility index (Phi) is 2.05. The molecule has 1 heterocycles. The molecule has 9 heavy (non-hydrogen) atoms. The lowest BCUT2D eigenvalue weighted by Gasteiger charge is -2.20. The van der Waals surface area contributed by atoms with Crippen LogP contribution in [0.5, 0.6) is 0 Å². The van der Waals surface area contributed by atoms with Gasteiger partial charge in [-0.2, -0.15) is 0 Å². The van der Waals surface area contributed by atoms with Crippen molar-refractivity contribution >= 4 is 5.91 Å². The molecule has 0 aromatic heterocycles. The Morgan fingerprint density at radius 3 is 3.00 bits per heavy atom. The Bertz CT molecular complexity index is 114. The first kappa shape index (κ1) is 6.55. The summed E-state index contributed by atoms with van der Waals surface area (Å²) in [4.78, 5) is 10.7. The van der Waals surface area contributed by atoms with E-state index in [4.69, 9.17) is 5.73 Å². The maximum absolute atomic E-state index is 10.7. The number of carbonyl (C=O) groups excluding carboxylic acids is 1. The molecule has 1 saturated heterocycles. The van der Waals surface area contributed by atoms with E-state index in [-0.39, 0.29) is 11.9 Å². The van der Waals surface area contributed by atoms with Crippen molar-refractivity contribution in [2.45, 2.75) is 25.3 Å². The molecule has 1 aliphatic rings. The van der Waals surface area contributed by atoms with Gasteiger partial charge in [-0.3, -0.25) is 4.79 Å². The number of nitrogens with two attached hydrogens (primary N) is 1. The van der Waals surface area contributed by atoms with Crippen molar-refractivity contribution in [3.8, 4) is 0 Å². The second-order valence-electron chi connectivity index (χ2n) is 2.39. The van der Waals surface area contributed by atoms with Crippen molar-refractivity contribution in [3.05, 3.63) is 0 Å². The zero-order chi connectivity index (χ0) is 6.69. The minimum Gasteiger partial charge on any atom is -0.352 e. The van der Waals surface area contributed by atoms with Gasteiger partial charge in [-0.25, -0.2) is 0 Å². The third-order valence-corrected chi connectivity index (χ3v) is 1.61. The third-order valence-electron chi connectivity index (χ3n) is 1.61. The fraction of sp³-hybridized carbons (Fsp3) is 0.833. The predicted octanol–water partition coefficient (Wildman–Crippen LogP) is -0.386. The van der Waals surface area contributed by atoms with Gasteiger partial charge in [0.1, 0.15) is 0 Å². The average molecular weight is 128 g/mol. The van der Waals surface area contributed by atoms with Crippen molar-refractivity contribution < 1.29 is 4.79 Å². The molecule has 1 rings (SSSR count). The van der Waals surface area contributed by atoms with Gasteiger partial charge in [-0.15, -0.1) is 0 Å². The van der Waals surface area contributed by atoms with Crippen LogP contribution in [-0.4, -0.2) is 18.5 Å². The Hall–Kier alpha value is -0.570. The summed E-state index contributed by atoms with van der Waals surface area (Å²) < 4.78 is 0. The van der Waals surface area contributed by atoms with Crippen molar-refractivity contribution in [2.75, 3.05) is 6.54 Å². The number of hydrogen-bond donors (Lipinski definition) is 2. The van der Waals surface area contributed by atoms with Crippen molar-refractivity contribution in [1.29, 1.82) is 0 Å². The molecular weight excluding hydrogens is 116 g/mol. The smallest absolute Gasteiger partial charge is 0.220 e. The molecule has 0 unspecified atom stereocenters. The van der Waals surface area contributed by atoms with Crippen molar-refractivity contribution in [1.82, 2.24) is 5.32 Å². The lowest BCUT2D eigenvalue weighted by molar-refractivity contribution is -0.123. The topological polar surface area (TPSA) is 55.1 Å². The van der Waals surface area contributed by atoms with Gasteiger partial charge in [0, 0.05) is 19.0 Å². The van der Waals surface area contributed by atoms with Crippen molar-refractivity contribution in [2.24, 2.45) is 5.73 Å². The first-order valence-corrected chi connectivity index (χ1v) is 3.32. The maximum Gasteiger partial charge on any atom is 0.220 e. The third kappa shape index (κ3) is 1.68. The van der Waals surface area contributed by atoms with E-state index in [1.807, 2.05) is 0 Å². The van der Waals surface area contributed by atoms with Crippen LogP contribution in [-0.2, 0) is 4.79 Å². The lowest BCUT2D eigenvalue weighted by Crippen LogP contribution is -2.43. The van der Waals surface area contributed by atoms with Crippen LogP contribution < -0.4 is 11.1 Å². The molecule has 0 saturated carbocycles. The summed E-state index contributed by atoms with van der Waals surface area (Å²) in [6, 6.07) is 0.242. The van der Waals surface area contributed by atoms with Gasteiger partial charge in [0.05, 0.1) is 0 Å². The van der Waals surface area contributed by atoms with Crippen LogP contribution >= 0.6 is 0 Å². The maximum atomic E-state index is 10.7. The second kappa shape index (κ2) is 2.82. The zero-order valence-corrected chi connectivity index (χ0v) is 5.39. The van der Waals surface area contributed by atoms with E-state index in [1.54, 1.807) is 0 Å². The summed E-state index contributed by atoms with van der Waals surface area (Å²) >= 11 is 0. The summed E-state index contributed by atoms with van der Waals surface area (Å²) in [6.07, 6.45) is 2.71. The number of hydrogen-bond acceptors (Lipinski definition) is 2. The number of nitrogens with one attached hydrogen (secondary N) is 1. The SMILES string of the molecule is NC[C@@H]1CCCC(=O)N1. The molecule has 0 aromatic rings. The van der Waals surface area contributed by atoms with Gasteiger partial charge in [0.2, 0.25) is 5.91 Å². The standard InChI is InChI=1S/C6H12N2O/c7-4-5-2-1-3-6(9)8-5/h5H,1-4,7H2,(H,8,9)/t5-/m0/s1. The Balaban J connectivity index is 2.32. The van der Waals surface area contributed by atoms with Gasteiger partial charge >= 0.3 is 0 Å². The Morgan fingerprint density at radius 1 is 1.78 bits per heavy atom. The summed E-state index contributed by atoms with van der Waals surface area (Å²) in [5.74, 6) is 0.150. The van der Waals surface area contributed by atoms with Crippen LogP contribution in [0.1, 0.15) is 19.3 Å². The van der Waals surface area contributed by atoms with Crippen molar-refractivity contribution in [3.63, 3.8) is 0 Å². The minimum atomic E-state index is 0.150. The van der Waals surface area contributed by atoms with Crippen LogP contribution in [0.15, 0.2) is 0 Å². The van der Waals surface area contributed by atoms with Gasteiger partial charge < -0.3 is 11.1 Å². The number of rotatable bonds is 1. The lowest BCUT2D eigenvalue weighted by atomic mass is 10.1. The highest BCUT2D eigenvalue weighted by Gasteiger charge is 2.15. The highest BCUT2D eigenvalue weighted by Crippen LogP contribution is 2.05. The molecule has 1 amide bonds. The van der Waals surface area contributed by atoms with E-state index in [0.717, 1.165) is 12.8 Å². The molecule has 1 atom stereocenters. The highest BCUT2D eigenvalue weighted by molar-refractivity contribution is 5.76. The fourth-order valence-corrected chi connectivity index (χ4v) is 1.06. The summed E-state index contributed by atoms with van der Waals surface area (Å²) in [7, 11) is 0. The average Bonchev–Trinajstić information content (AvgIpc) is 1.88. The first-order valence-electron chi connectivity index (χ1n) is 3.32. The fourth-order valence-electron chi connectivity index (χ4n) is 1.06. The van der Waals surface area contributed by atoms with Gasteiger partial charge in [0.15, 0.2) is 0 Å². The Morgan fingerprint density at radius 2 is 2.56 bits per heavy atom. The largest absolute Gasteiger partial charge is 0.352 e. The molecule has 0 spiro atoms. The summed E-state index contributed by atoms with van der Waals surface area (Å²) in [6.45, 7) is 0.575. The summed E-state index contributed by atoms with van der Waals surface area (Å²) in [5.41, 5.74) is 5.35. The van der Waals surface area contributed by atoms with Crippen LogP contribution in [0, 0.1) is 0 Å². The van der Waals surface area contributed by atoms with E-state index in [1.165, 1.54) is 0 Å². The molecule has 0 radical (unpaired) electrons. The van der Waals surface area contributed by atoms with Gasteiger partial charge in [-0.1, -0.05) is 0 Å². The predicted molar refractivity (Wildman–Crippen MR) is 34.8 cm³/mol. The van der Waals surface area contributed by atoms with E-state index in [9.17, 15) is 4.79 Å². The molecule has 52 valence electrons. The van der Waals surface area contributed by atoms with E-state index < -0.39 is 0 Å². The van der Waals surface area contributed by atoms with Crippen LogP contribution in [0.2, 0.25) is 0 Å². The number of piperidine rings is 1. The summed E-state index contributed by atoms with van der Waals surface area (Å²) in [5, 5.41) is 2.80. The normalized spacial score (nSPS) is 27.7. The molecule has 3 nitrogen and oxygen atoms in total. The molecule has 1 fully saturated rings. The van der Waals surface area contributed by atoms with Gasteiger partial charge in [-0.05, 0) is 12.8 Å². The number of carbonyl (C=O) groups is 1. The molecule has 0 aliphatic carbocycles. The second-order valence-corrected chi connectivity index (χ2v) is 2.39. The highest BCUT2D eigenvalue weighted by atomic mass is 16.1. The monoisotopic (exact) mass is 128 g/mol. The minimum absolute atomic E-state index is 0.150. The quantitative estimate of drug-likeness (QED) is 0.505. The molecule has 0 aromatic carbocycles. The number of amides is 1. The van der Waals surface area contributed by atoms with Crippen LogP contribution in [0.3, 0.4) is 0 Å². The van der Waals surface area contributed by atoms with E-state index in [2.05, 4.69) is 5.32 Å². The Labute approximate surface area is 54.6 Å². The van der Waals surface area contributed by atoms with E-state index in [0.29, 0.717) is 13.0 Å². The van der Waals surface area contributed by atoms with Gasteiger partial charge in [0.25, 0.3) is 0 Å². The van der Waals surface area contributed by atoms with Crippen LogP contribution in [0.4, 0.5) is 0 Å². The molecular formula is C6H12N2O. The molecule has 3 N–H and O–H groups in total. The molecule has 1 aliphatic heterocycles. The van der Waals surface area contributed by atoms with Crippen LogP contribution in [0.25, 0.3) is 0 Å². The first-order chi connectivity index (χ1) is 4.33. The zero-order valence-electron chi connectivity index (χ0n) is 5.39. The molecule has 0 bridgehead atoms. The molecule has 3 heteroatoms.